The molecule has 11 heavy (non-hydrogen) atoms. The Morgan fingerprint density at radius 3 is 2.55 bits per heavy atom. The molecule has 1 aliphatic heterocycles. The van der Waals surface area contributed by atoms with Gasteiger partial charge in [-0.3, -0.25) is 4.79 Å². The molecule has 0 aromatic rings. The largest absolute Gasteiger partial charge is 0.481 e. The summed E-state index contributed by atoms with van der Waals surface area (Å²) in [6, 6.07) is 0. The Balaban J connectivity index is 2.15. The van der Waals surface area contributed by atoms with E-state index < -0.39 is 5.97 Å². The van der Waals surface area contributed by atoms with Crippen molar-refractivity contribution in [3.05, 3.63) is 12.2 Å². The fraction of sp³-hybridized carbons (Fsp3) is 0.625. The number of aliphatic carboxylic acids is 1. The first kappa shape index (κ1) is 8.27. The van der Waals surface area contributed by atoms with E-state index >= 15 is 0 Å². The summed E-state index contributed by atoms with van der Waals surface area (Å²) in [5.74, 6) is -0.347. The van der Waals surface area contributed by atoms with Crippen LogP contribution >= 0.6 is 0 Å². The maximum Gasteiger partial charge on any atom is 0.303 e. The molecule has 0 saturated carbocycles. The van der Waals surface area contributed by atoms with E-state index in [0.29, 0.717) is 12.3 Å². The monoisotopic (exact) mass is 156 g/mol. The maximum absolute atomic E-state index is 10.2. The summed E-state index contributed by atoms with van der Waals surface area (Å²) in [7, 11) is 0. The standard InChI is InChI=1S/C8H12O3/c1-6(2-3-8(9)10)7-4-11-5-7/h7H,1-5H2,(H,9,10). The molecule has 1 rings (SSSR count). The quantitative estimate of drug-likeness (QED) is 0.619. The smallest absolute Gasteiger partial charge is 0.303 e. The van der Waals surface area contributed by atoms with Gasteiger partial charge in [-0.05, 0) is 6.42 Å². The lowest BCUT2D eigenvalue weighted by Crippen LogP contribution is -2.28. The fourth-order valence-corrected chi connectivity index (χ4v) is 0.943. The Bertz CT molecular complexity index is 170. The van der Waals surface area contributed by atoms with E-state index in [4.69, 9.17) is 9.84 Å². The molecule has 0 bridgehead atoms. The van der Waals surface area contributed by atoms with Crippen molar-refractivity contribution in [1.29, 1.82) is 0 Å². The van der Waals surface area contributed by atoms with Gasteiger partial charge in [0.1, 0.15) is 0 Å². The summed E-state index contributed by atoms with van der Waals surface area (Å²) in [6.07, 6.45) is 0.776. The van der Waals surface area contributed by atoms with Gasteiger partial charge >= 0.3 is 5.97 Å². The minimum atomic E-state index is -0.758. The second-order valence-corrected chi connectivity index (χ2v) is 2.79. The molecule has 1 N–H and O–H groups in total. The van der Waals surface area contributed by atoms with Gasteiger partial charge < -0.3 is 9.84 Å². The van der Waals surface area contributed by atoms with Crippen LogP contribution in [-0.2, 0) is 9.53 Å². The van der Waals surface area contributed by atoms with Gasteiger partial charge in [0.05, 0.1) is 13.2 Å². The van der Waals surface area contributed by atoms with E-state index in [2.05, 4.69) is 6.58 Å². The lowest BCUT2D eigenvalue weighted by atomic mass is 9.95. The lowest BCUT2D eigenvalue weighted by Gasteiger charge is -2.27. The molecule has 62 valence electrons. The first-order valence-electron chi connectivity index (χ1n) is 3.67. The lowest BCUT2D eigenvalue weighted by molar-refractivity contribution is -0.137. The highest BCUT2D eigenvalue weighted by Crippen LogP contribution is 2.21. The average Bonchev–Trinajstić information content (AvgIpc) is 1.79. The Morgan fingerprint density at radius 1 is 1.55 bits per heavy atom. The SMILES string of the molecule is C=C(CCC(=O)O)C1COC1. The Labute approximate surface area is 65.7 Å². The molecule has 0 atom stereocenters. The molecule has 0 spiro atoms. The number of carboxylic acid groups (broad SMARTS) is 1. The van der Waals surface area contributed by atoms with Gasteiger partial charge in [-0.1, -0.05) is 12.2 Å². The first-order valence-corrected chi connectivity index (χ1v) is 3.67. The number of rotatable bonds is 4. The van der Waals surface area contributed by atoms with Gasteiger partial charge in [0.25, 0.3) is 0 Å². The van der Waals surface area contributed by atoms with Crippen LogP contribution < -0.4 is 0 Å². The maximum atomic E-state index is 10.2. The zero-order valence-electron chi connectivity index (χ0n) is 6.38. The van der Waals surface area contributed by atoms with Crippen molar-refractivity contribution in [2.24, 2.45) is 5.92 Å². The molecular formula is C8H12O3. The summed E-state index contributed by atoms with van der Waals surface area (Å²) >= 11 is 0. The molecule has 3 heteroatoms. The molecule has 3 nitrogen and oxygen atoms in total. The summed E-state index contributed by atoms with van der Waals surface area (Å²) in [6.45, 7) is 5.25. The normalized spacial score (nSPS) is 17.5. The third-order valence-corrected chi connectivity index (χ3v) is 1.88. The van der Waals surface area contributed by atoms with Gasteiger partial charge in [0.2, 0.25) is 0 Å². The van der Waals surface area contributed by atoms with Crippen LogP contribution in [-0.4, -0.2) is 24.3 Å². The van der Waals surface area contributed by atoms with Crippen molar-refractivity contribution in [2.45, 2.75) is 12.8 Å². The molecule has 1 heterocycles. The van der Waals surface area contributed by atoms with E-state index in [0.717, 1.165) is 18.8 Å². The van der Waals surface area contributed by atoms with E-state index in [1.807, 2.05) is 0 Å². The highest BCUT2D eigenvalue weighted by atomic mass is 16.5. The number of ether oxygens (including phenoxy) is 1. The molecule has 0 radical (unpaired) electrons. The van der Waals surface area contributed by atoms with Crippen LogP contribution in [0.1, 0.15) is 12.8 Å². The van der Waals surface area contributed by atoms with Crippen molar-refractivity contribution >= 4 is 5.97 Å². The Hall–Kier alpha value is -0.830. The Morgan fingerprint density at radius 2 is 2.18 bits per heavy atom. The van der Waals surface area contributed by atoms with Gasteiger partial charge in [0, 0.05) is 12.3 Å². The zero-order chi connectivity index (χ0) is 8.27. The molecule has 1 fully saturated rings. The van der Waals surface area contributed by atoms with E-state index in [1.54, 1.807) is 0 Å². The highest BCUT2D eigenvalue weighted by Gasteiger charge is 2.21. The molecule has 0 aliphatic carbocycles. The van der Waals surface area contributed by atoms with Crippen LogP contribution in [0.4, 0.5) is 0 Å². The van der Waals surface area contributed by atoms with Gasteiger partial charge in [-0.25, -0.2) is 0 Å². The van der Waals surface area contributed by atoms with Crippen molar-refractivity contribution in [2.75, 3.05) is 13.2 Å². The van der Waals surface area contributed by atoms with Crippen molar-refractivity contribution in [1.82, 2.24) is 0 Å². The predicted octanol–water partition coefficient (Wildman–Crippen LogP) is 1.05. The summed E-state index contributed by atoms with van der Waals surface area (Å²) < 4.78 is 4.95. The minimum absolute atomic E-state index is 0.190. The molecule has 0 aromatic carbocycles. The van der Waals surface area contributed by atoms with E-state index in [1.165, 1.54) is 0 Å². The van der Waals surface area contributed by atoms with E-state index in [-0.39, 0.29) is 6.42 Å². The second kappa shape index (κ2) is 3.53. The summed E-state index contributed by atoms with van der Waals surface area (Å²) in [5.41, 5.74) is 1.01. The highest BCUT2D eigenvalue weighted by molar-refractivity contribution is 5.67. The average molecular weight is 156 g/mol. The van der Waals surface area contributed by atoms with Gasteiger partial charge in [-0.15, -0.1) is 0 Å². The molecule has 0 amide bonds. The van der Waals surface area contributed by atoms with Crippen LogP contribution in [0.15, 0.2) is 12.2 Å². The van der Waals surface area contributed by atoms with Crippen molar-refractivity contribution < 1.29 is 14.6 Å². The molecular weight excluding hydrogens is 144 g/mol. The predicted molar refractivity (Wildman–Crippen MR) is 40.3 cm³/mol. The number of carbonyl (C=O) groups is 1. The van der Waals surface area contributed by atoms with E-state index in [9.17, 15) is 4.79 Å². The third-order valence-electron chi connectivity index (χ3n) is 1.88. The number of carboxylic acids is 1. The molecule has 1 saturated heterocycles. The van der Waals surface area contributed by atoms with Crippen LogP contribution in [0.2, 0.25) is 0 Å². The zero-order valence-corrected chi connectivity index (χ0v) is 6.38. The summed E-state index contributed by atoms with van der Waals surface area (Å²) in [4.78, 5) is 10.2. The van der Waals surface area contributed by atoms with Crippen LogP contribution in [0.25, 0.3) is 0 Å². The first-order chi connectivity index (χ1) is 5.20. The molecule has 0 unspecified atom stereocenters. The Kier molecular flexibility index (Phi) is 2.65. The van der Waals surface area contributed by atoms with Crippen molar-refractivity contribution in [3.8, 4) is 0 Å². The van der Waals surface area contributed by atoms with Crippen molar-refractivity contribution in [3.63, 3.8) is 0 Å². The fourth-order valence-electron chi connectivity index (χ4n) is 0.943. The summed E-state index contributed by atoms with van der Waals surface area (Å²) in [5, 5.41) is 8.36. The van der Waals surface area contributed by atoms with Gasteiger partial charge in [-0.2, -0.15) is 0 Å². The third kappa shape index (κ3) is 2.35. The number of hydrogen-bond donors (Lipinski definition) is 1. The van der Waals surface area contributed by atoms with Crippen LogP contribution in [0.5, 0.6) is 0 Å². The van der Waals surface area contributed by atoms with Gasteiger partial charge in [0.15, 0.2) is 0 Å². The van der Waals surface area contributed by atoms with Crippen LogP contribution in [0.3, 0.4) is 0 Å². The molecule has 1 aliphatic rings. The van der Waals surface area contributed by atoms with Crippen LogP contribution in [0, 0.1) is 5.92 Å². The topological polar surface area (TPSA) is 46.5 Å². The number of hydrogen-bond acceptors (Lipinski definition) is 2. The second-order valence-electron chi connectivity index (χ2n) is 2.79. The minimum Gasteiger partial charge on any atom is -0.481 e. The molecule has 0 aromatic heterocycles.